The lowest BCUT2D eigenvalue weighted by molar-refractivity contribution is 0.163. The van der Waals surface area contributed by atoms with E-state index in [2.05, 4.69) is 27.5 Å². The maximum Gasteiger partial charge on any atom is 0.0967 e. The average Bonchev–Trinajstić information content (AvgIpc) is 2.56. The molecule has 0 bridgehead atoms. The molecule has 0 radical (unpaired) electrons. The van der Waals surface area contributed by atoms with Gasteiger partial charge in [0.15, 0.2) is 0 Å². The highest BCUT2D eigenvalue weighted by Crippen LogP contribution is 2.06. The topological polar surface area (TPSA) is 46.0 Å². The lowest BCUT2D eigenvalue weighted by Gasteiger charge is -2.33. The van der Waals surface area contributed by atoms with Crippen LogP contribution in [0.15, 0.2) is 6.20 Å². The standard InChI is InChI=1S/C9H17N5/c1-8-5-10-3-4-14(8)7-9-6-13(2)12-11-9/h6,8,10H,3-5,7H2,1-2H3/t8-/m0/s1. The molecular formula is C9H17N5. The Labute approximate surface area is 84.1 Å². The molecule has 0 saturated carbocycles. The molecular weight excluding hydrogens is 178 g/mol. The molecule has 1 aromatic heterocycles. The van der Waals surface area contributed by atoms with Crippen LogP contribution in [-0.2, 0) is 13.6 Å². The Hall–Kier alpha value is -0.940. The SMILES string of the molecule is C[C@H]1CNCCN1Cc1cn(C)nn1. The highest BCUT2D eigenvalue weighted by atomic mass is 15.4. The average molecular weight is 195 g/mol. The Morgan fingerprint density at radius 3 is 3.14 bits per heavy atom. The van der Waals surface area contributed by atoms with E-state index in [0.717, 1.165) is 31.9 Å². The molecule has 0 unspecified atom stereocenters. The first kappa shape index (κ1) is 9.61. The number of aryl methyl sites for hydroxylation is 1. The fourth-order valence-corrected chi connectivity index (χ4v) is 1.79. The molecule has 0 spiro atoms. The second kappa shape index (κ2) is 4.06. The van der Waals surface area contributed by atoms with Crippen molar-refractivity contribution in [1.29, 1.82) is 0 Å². The van der Waals surface area contributed by atoms with Crippen molar-refractivity contribution in [2.75, 3.05) is 19.6 Å². The van der Waals surface area contributed by atoms with E-state index in [1.807, 2.05) is 13.2 Å². The number of hydrogen-bond donors (Lipinski definition) is 1. The summed E-state index contributed by atoms with van der Waals surface area (Å²) in [5.41, 5.74) is 1.06. The highest BCUT2D eigenvalue weighted by Gasteiger charge is 2.18. The van der Waals surface area contributed by atoms with Crippen LogP contribution in [0.1, 0.15) is 12.6 Å². The summed E-state index contributed by atoms with van der Waals surface area (Å²) in [5, 5.41) is 11.4. The molecule has 1 fully saturated rings. The van der Waals surface area contributed by atoms with Crippen molar-refractivity contribution >= 4 is 0 Å². The van der Waals surface area contributed by atoms with Crippen molar-refractivity contribution < 1.29 is 0 Å². The molecule has 1 atom stereocenters. The minimum atomic E-state index is 0.589. The van der Waals surface area contributed by atoms with Crippen LogP contribution in [0.25, 0.3) is 0 Å². The summed E-state index contributed by atoms with van der Waals surface area (Å²) in [6, 6.07) is 0.589. The summed E-state index contributed by atoms with van der Waals surface area (Å²) >= 11 is 0. The van der Waals surface area contributed by atoms with Crippen molar-refractivity contribution in [2.24, 2.45) is 7.05 Å². The van der Waals surface area contributed by atoms with E-state index >= 15 is 0 Å². The Kier molecular flexibility index (Phi) is 2.79. The van der Waals surface area contributed by atoms with Crippen LogP contribution in [0.3, 0.4) is 0 Å². The van der Waals surface area contributed by atoms with Gasteiger partial charge < -0.3 is 5.32 Å². The van der Waals surface area contributed by atoms with Gasteiger partial charge in [0, 0.05) is 45.5 Å². The summed E-state index contributed by atoms with van der Waals surface area (Å²) in [6.45, 7) is 6.39. The summed E-state index contributed by atoms with van der Waals surface area (Å²) in [4.78, 5) is 2.43. The Morgan fingerprint density at radius 1 is 1.64 bits per heavy atom. The number of nitrogens with zero attached hydrogens (tertiary/aromatic N) is 4. The van der Waals surface area contributed by atoms with Crippen molar-refractivity contribution in [3.8, 4) is 0 Å². The molecule has 2 rings (SSSR count). The molecule has 1 saturated heterocycles. The predicted molar refractivity (Wildman–Crippen MR) is 53.7 cm³/mol. The van der Waals surface area contributed by atoms with Gasteiger partial charge in [-0.3, -0.25) is 9.58 Å². The molecule has 2 heterocycles. The molecule has 5 nitrogen and oxygen atoms in total. The number of rotatable bonds is 2. The Balaban J connectivity index is 1.95. The highest BCUT2D eigenvalue weighted by molar-refractivity contribution is 4.93. The zero-order chi connectivity index (χ0) is 9.97. The molecule has 0 amide bonds. The van der Waals surface area contributed by atoms with Crippen LogP contribution in [-0.4, -0.2) is 45.6 Å². The third kappa shape index (κ3) is 2.10. The summed E-state index contributed by atoms with van der Waals surface area (Å²) in [6.07, 6.45) is 1.98. The van der Waals surface area contributed by atoms with Gasteiger partial charge in [-0.2, -0.15) is 0 Å². The second-order valence-corrected chi connectivity index (χ2v) is 3.91. The first-order chi connectivity index (χ1) is 6.75. The van der Waals surface area contributed by atoms with Gasteiger partial charge in [-0.05, 0) is 6.92 Å². The van der Waals surface area contributed by atoms with Gasteiger partial charge in [-0.1, -0.05) is 5.21 Å². The minimum absolute atomic E-state index is 0.589. The van der Waals surface area contributed by atoms with E-state index < -0.39 is 0 Å². The van der Waals surface area contributed by atoms with E-state index in [1.54, 1.807) is 4.68 Å². The lowest BCUT2D eigenvalue weighted by atomic mass is 10.2. The largest absolute Gasteiger partial charge is 0.314 e. The first-order valence-corrected chi connectivity index (χ1v) is 5.05. The summed E-state index contributed by atoms with van der Waals surface area (Å²) in [7, 11) is 1.90. The number of hydrogen-bond acceptors (Lipinski definition) is 4. The molecule has 14 heavy (non-hydrogen) atoms. The Morgan fingerprint density at radius 2 is 2.50 bits per heavy atom. The minimum Gasteiger partial charge on any atom is -0.314 e. The lowest BCUT2D eigenvalue weighted by Crippen LogP contribution is -2.49. The number of piperazine rings is 1. The number of aromatic nitrogens is 3. The maximum absolute atomic E-state index is 4.10. The van der Waals surface area contributed by atoms with Crippen LogP contribution in [0.4, 0.5) is 0 Å². The molecule has 0 aliphatic carbocycles. The van der Waals surface area contributed by atoms with E-state index in [4.69, 9.17) is 0 Å². The monoisotopic (exact) mass is 195 g/mol. The van der Waals surface area contributed by atoms with E-state index in [-0.39, 0.29) is 0 Å². The number of nitrogens with one attached hydrogen (secondary N) is 1. The second-order valence-electron chi connectivity index (χ2n) is 3.91. The zero-order valence-corrected chi connectivity index (χ0v) is 8.77. The first-order valence-electron chi connectivity index (χ1n) is 5.05. The van der Waals surface area contributed by atoms with Crippen molar-refractivity contribution in [2.45, 2.75) is 19.5 Å². The van der Waals surface area contributed by atoms with Crippen molar-refractivity contribution in [3.05, 3.63) is 11.9 Å². The van der Waals surface area contributed by atoms with E-state index in [1.165, 1.54) is 0 Å². The van der Waals surface area contributed by atoms with Crippen molar-refractivity contribution in [3.63, 3.8) is 0 Å². The fourth-order valence-electron chi connectivity index (χ4n) is 1.79. The molecule has 1 aliphatic rings. The fraction of sp³-hybridized carbons (Fsp3) is 0.778. The molecule has 0 aromatic carbocycles. The maximum atomic E-state index is 4.10. The van der Waals surface area contributed by atoms with Crippen LogP contribution in [0, 0.1) is 0 Å². The molecule has 1 aliphatic heterocycles. The van der Waals surface area contributed by atoms with Gasteiger partial charge in [-0.15, -0.1) is 5.10 Å². The van der Waals surface area contributed by atoms with Gasteiger partial charge in [0.05, 0.1) is 5.69 Å². The van der Waals surface area contributed by atoms with Gasteiger partial charge >= 0.3 is 0 Å². The predicted octanol–water partition coefficient (Wildman–Crippen LogP) is -0.391. The van der Waals surface area contributed by atoms with Gasteiger partial charge in [0.1, 0.15) is 0 Å². The zero-order valence-electron chi connectivity index (χ0n) is 8.77. The quantitative estimate of drug-likeness (QED) is 0.698. The molecule has 5 heteroatoms. The summed E-state index contributed by atoms with van der Waals surface area (Å²) < 4.78 is 1.75. The van der Waals surface area contributed by atoms with E-state index in [0.29, 0.717) is 6.04 Å². The third-order valence-corrected chi connectivity index (χ3v) is 2.65. The van der Waals surface area contributed by atoms with Crippen LogP contribution < -0.4 is 5.32 Å². The summed E-state index contributed by atoms with van der Waals surface area (Å²) in [5.74, 6) is 0. The third-order valence-electron chi connectivity index (χ3n) is 2.65. The molecule has 78 valence electrons. The molecule has 1 aromatic rings. The van der Waals surface area contributed by atoms with Crippen LogP contribution in [0.2, 0.25) is 0 Å². The van der Waals surface area contributed by atoms with Gasteiger partial charge in [-0.25, -0.2) is 0 Å². The smallest absolute Gasteiger partial charge is 0.0967 e. The van der Waals surface area contributed by atoms with Crippen molar-refractivity contribution in [1.82, 2.24) is 25.2 Å². The van der Waals surface area contributed by atoms with Gasteiger partial charge in [0.2, 0.25) is 0 Å². The molecule has 1 N–H and O–H groups in total. The van der Waals surface area contributed by atoms with Gasteiger partial charge in [0.25, 0.3) is 0 Å². The van der Waals surface area contributed by atoms with Crippen LogP contribution in [0.5, 0.6) is 0 Å². The van der Waals surface area contributed by atoms with Crippen LogP contribution >= 0.6 is 0 Å². The van der Waals surface area contributed by atoms with E-state index in [9.17, 15) is 0 Å². The normalized spacial score (nSPS) is 24.0. The Bertz CT molecular complexity index is 295.